The maximum Gasteiger partial charge on any atom is 0.160 e. The lowest BCUT2D eigenvalue weighted by molar-refractivity contribution is 0.414. The van der Waals surface area contributed by atoms with Crippen LogP contribution in [-0.4, -0.2) is 17.1 Å². The first kappa shape index (κ1) is 17.2. The number of hydrogen-bond donors (Lipinski definition) is 0. The smallest absolute Gasteiger partial charge is 0.160 e. The summed E-state index contributed by atoms with van der Waals surface area (Å²) in [6, 6.07) is 20.8. The van der Waals surface area contributed by atoms with Crippen LogP contribution >= 0.6 is 0 Å². The van der Waals surface area contributed by atoms with Crippen LogP contribution in [0.4, 0.5) is 0 Å². The molecule has 0 spiro atoms. The minimum atomic E-state index is 0.752. The molecule has 0 radical (unpaired) electrons. The molecule has 4 rings (SSSR count). The van der Waals surface area contributed by atoms with Crippen molar-refractivity contribution in [2.45, 2.75) is 20.8 Å². The molecule has 0 unspecified atom stereocenters. The van der Waals surface area contributed by atoms with Crippen molar-refractivity contribution in [2.24, 2.45) is 0 Å². The van der Waals surface area contributed by atoms with E-state index in [0.717, 1.165) is 50.4 Å². The van der Waals surface area contributed by atoms with E-state index in [2.05, 4.69) is 51.1 Å². The van der Waals surface area contributed by atoms with Gasteiger partial charge in [-0.3, -0.25) is 0 Å². The molecular weight excluding hydrogens is 332 g/mol. The number of hydrogen-bond acceptors (Lipinski definition) is 3. The van der Waals surface area contributed by atoms with Crippen molar-refractivity contribution in [1.82, 2.24) is 9.97 Å². The Labute approximate surface area is 159 Å². The molecule has 0 saturated heterocycles. The average Bonchev–Trinajstić information content (AvgIpc) is 2.67. The van der Waals surface area contributed by atoms with Crippen LogP contribution in [0.15, 0.2) is 60.7 Å². The van der Waals surface area contributed by atoms with E-state index in [9.17, 15) is 0 Å². The fraction of sp³-hybridized carbons (Fsp3) is 0.167. The Morgan fingerprint density at radius 3 is 2.11 bits per heavy atom. The lowest BCUT2D eigenvalue weighted by Gasteiger charge is -2.14. The molecule has 3 heteroatoms. The summed E-state index contributed by atoms with van der Waals surface area (Å²) >= 11 is 0. The van der Waals surface area contributed by atoms with Crippen LogP contribution in [0.25, 0.3) is 33.5 Å². The second-order valence-corrected chi connectivity index (χ2v) is 6.92. The highest BCUT2D eigenvalue weighted by Crippen LogP contribution is 2.33. The molecule has 0 N–H and O–H groups in total. The van der Waals surface area contributed by atoms with Gasteiger partial charge in [0.25, 0.3) is 0 Å². The van der Waals surface area contributed by atoms with Crippen molar-refractivity contribution in [2.75, 3.05) is 7.11 Å². The number of para-hydroxylation sites is 1. The predicted molar refractivity (Wildman–Crippen MR) is 111 cm³/mol. The third-order valence-corrected chi connectivity index (χ3v) is 4.89. The highest BCUT2D eigenvalue weighted by molar-refractivity contribution is 5.93. The Hall–Kier alpha value is -3.20. The first-order chi connectivity index (χ1) is 13.1. The molecule has 0 fully saturated rings. The summed E-state index contributed by atoms with van der Waals surface area (Å²) in [6.45, 7) is 6.25. The molecule has 3 nitrogen and oxygen atoms in total. The van der Waals surface area contributed by atoms with E-state index in [1.807, 2.05) is 30.3 Å². The minimum absolute atomic E-state index is 0.752. The Bertz CT molecular complexity index is 1110. The first-order valence-electron chi connectivity index (χ1n) is 9.06. The quantitative estimate of drug-likeness (QED) is 0.459. The zero-order valence-electron chi connectivity index (χ0n) is 16.1. The van der Waals surface area contributed by atoms with E-state index in [1.54, 1.807) is 7.11 Å². The summed E-state index contributed by atoms with van der Waals surface area (Å²) in [5.74, 6) is 1.61. The third kappa shape index (κ3) is 3.17. The van der Waals surface area contributed by atoms with Gasteiger partial charge >= 0.3 is 0 Å². The Balaban J connectivity index is 2.00. The number of aryl methyl sites for hydroxylation is 3. The highest BCUT2D eigenvalue weighted by atomic mass is 16.5. The Kier molecular flexibility index (Phi) is 4.36. The third-order valence-electron chi connectivity index (χ3n) is 4.89. The molecule has 0 bridgehead atoms. The van der Waals surface area contributed by atoms with Gasteiger partial charge in [-0.2, -0.15) is 0 Å². The van der Waals surface area contributed by atoms with Crippen LogP contribution < -0.4 is 4.74 Å². The number of methoxy groups -OCH3 is 1. The van der Waals surface area contributed by atoms with Crippen LogP contribution in [0.5, 0.6) is 5.75 Å². The molecule has 3 aromatic carbocycles. The van der Waals surface area contributed by atoms with Crippen molar-refractivity contribution in [3.63, 3.8) is 0 Å². The zero-order valence-corrected chi connectivity index (χ0v) is 16.1. The standard InChI is InChI=1S/C24H22N2O/c1-15-9-11-18(12-10-15)23-20-7-5-6-8-21(20)25-24(26-23)22-16(2)13-19(27-4)14-17(22)3/h5-14H,1-4H3. The molecule has 0 aliphatic carbocycles. The predicted octanol–water partition coefficient (Wildman–Crippen LogP) is 5.90. The summed E-state index contributed by atoms with van der Waals surface area (Å²) in [7, 11) is 1.69. The van der Waals surface area contributed by atoms with E-state index >= 15 is 0 Å². The van der Waals surface area contributed by atoms with Gasteiger partial charge in [-0.25, -0.2) is 9.97 Å². The number of rotatable bonds is 3. The number of benzene rings is 3. The molecule has 134 valence electrons. The normalized spacial score (nSPS) is 11.0. The SMILES string of the molecule is COc1cc(C)c(-c2nc(-c3ccc(C)cc3)c3ccccc3n2)c(C)c1. The van der Waals surface area contributed by atoms with Crippen LogP contribution in [0, 0.1) is 20.8 Å². The van der Waals surface area contributed by atoms with E-state index in [4.69, 9.17) is 14.7 Å². The molecule has 0 aliphatic heterocycles. The molecule has 27 heavy (non-hydrogen) atoms. The number of ether oxygens (including phenoxy) is 1. The topological polar surface area (TPSA) is 35.0 Å². The van der Waals surface area contributed by atoms with Gasteiger partial charge in [-0.15, -0.1) is 0 Å². The number of fused-ring (bicyclic) bond motifs is 1. The number of aromatic nitrogens is 2. The maximum atomic E-state index is 5.40. The minimum Gasteiger partial charge on any atom is -0.497 e. The molecule has 0 atom stereocenters. The van der Waals surface area contributed by atoms with Gasteiger partial charge in [0.05, 0.1) is 18.3 Å². The van der Waals surface area contributed by atoms with Gasteiger partial charge in [0.15, 0.2) is 5.82 Å². The molecule has 1 heterocycles. The monoisotopic (exact) mass is 354 g/mol. The number of nitrogens with zero attached hydrogens (tertiary/aromatic N) is 2. The van der Waals surface area contributed by atoms with E-state index in [0.29, 0.717) is 0 Å². The fourth-order valence-electron chi connectivity index (χ4n) is 3.51. The molecule has 0 saturated carbocycles. The molecule has 0 aliphatic rings. The lowest BCUT2D eigenvalue weighted by Crippen LogP contribution is -1.99. The van der Waals surface area contributed by atoms with Gasteiger partial charge in [0, 0.05) is 16.5 Å². The molecular formula is C24H22N2O. The van der Waals surface area contributed by atoms with Gasteiger partial charge in [0.2, 0.25) is 0 Å². The van der Waals surface area contributed by atoms with Crippen molar-refractivity contribution in [3.8, 4) is 28.4 Å². The zero-order chi connectivity index (χ0) is 19.0. The summed E-state index contributed by atoms with van der Waals surface area (Å²) in [4.78, 5) is 9.87. The second kappa shape index (κ2) is 6.84. The summed E-state index contributed by atoms with van der Waals surface area (Å²) in [5, 5.41) is 1.06. The van der Waals surface area contributed by atoms with E-state index < -0.39 is 0 Å². The van der Waals surface area contributed by atoms with Crippen molar-refractivity contribution in [1.29, 1.82) is 0 Å². The van der Waals surface area contributed by atoms with Crippen molar-refractivity contribution in [3.05, 3.63) is 77.4 Å². The van der Waals surface area contributed by atoms with Crippen molar-refractivity contribution < 1.29 is 4.74 Å². The van der Waals surface area contributed by atoms with Crippen LogP contribution in [0.2, 0.25) is 0 Å². The highest BCUT2D eigenvalue weighted by Gasteiger charge is 2.15. The van der Waals surface area contributed by atoms with Gasteiger partial charge in [-0.1, -0.05) is 48.0 Å². The maximum absolute atomic E-state index is 5.40. The molecule has 4 aromatic rings. The fourth-order valence-corrected chi connectivity index (χ4v) is 3.51. The largest absolute Gasteiger partial charge is 0.497 e. The molecule has 1 aromatic heterocycles. The van der Waals surface area contributed by atoms with Gasteiger partial charge in [-0.05, 0) is 50.1 Å². The average molecular weight is 354 g/mol. The summed E-state index contributed by atoms with van der Waals surface area (Å²) in [6.07, 6.45) is 0. The Morgan fingerprint density at radius 2 is 1.44 bits per heavy atom. The Morgan fingerprint density at radius 1 is 0.778 bits per heavy atom. The van der Waals surface area contributed by atoms with Crippen molar-refractivity contribution >= 4 is 10.9 Å². The second-order valence-electron chi connectivity index (χ2n) is 6.92. The van der Waals surface area contributed by atoms with E-state index in [1.165, 1.54) is 5.56 Å². The first-order valence-corrected chi connectivity index (χ1v) is 9.06. The van der Waals surface area contributed by atoms with Crippen LogP contribution in [0.1, 0.15) is 16.7 Å². The van der Waals surface area contributed by atoms with Gasteiger partial charge < -0.3 is 4.74 Å². The van der Waals surface area contributed by atoms with Gasteiger partial charge in [0.1, 0.15) is 5.75 Å². The van der Waals surface area contributed by atoms with Crippen LogP contribution in [0.3, 0.4) is 0 Å². The lowest BCUT2D eigenvalue weighted by atomic mass is 10.00. The van der Waals surface area contributed by atoms with Crippen LogP contribution in [-0.2, 0) is 0 Å². The summed E-state index contributed by atoms with van der Waals surface area (Å²) in [5.41, 5.74) is 7.53. The van der Waals surface area contributed by atoms with E-state index in [-0.39, 0.29) is 0 Å². The summed E-state index contributed by atoms with van der Waals surface area (Å²) < 4.78 is 5.40. The molecule has 0 amide bonds.